The number of hydrogen-bond acceptors (Lipinski definition) is 2. The first-order chi connectivity index (χ1) is 9.52. The van der Waals surface area contributed by atoms with E-state index in [0.717, 1.165) is 15.4 Å². The Morgan fingerprint density at radius 1 is 1.05 bits per heavy atom. The second-order valence-electron chi connectivity index (χ2n) is 5.40. The van der Waals surface area contributed by atoms with Crippen molar-refractivity contribution >= 4 is 55.0 Å². The number of nitrogens with one attached hydrogen (secondary N) is 1. The lowest BCUT2D eigenvalue weighted by molar-refractivity contribution is 0.647. The molecule has 0 amide bonds. The van der Waals surface area contributed by atoms with Crippen molar-refractivity contribution in [3.8, 4) is 0 Å². The average molecular weight is 413 g/mol. The Labute approximate surface area is 140 Å². The van der Waals surface area contributed by atoms with Gasteiger partial charge in [-0.2, -0.15) is 0 Å². The van der Waals surface area contributed by atoms with Gasteiger partial charge in [0.2, 0.25) is 0 Å². The van der Waals surface area contributed by atoms with E-state index in [4.69, 9.17) is 0 Å². The summed E-state index contributed by atoms with van der Waals surface area (Å²) in [6, 6.07) is 10.8. The molecule has 4 heteroatoms. The van der Waals surface area contributed by atoms with Crippen molar-refractivity contribution in [3.63, 3.8) is 0 Å². The van der Waals surface area contributed by atoms with E-state index in [2.05, 4.69) is 81.4 Å². The highest BCUT2D eigenvalue weighted by atomic mass is 79.9. The highest BCUT2D eigenvalue weighted by Crippen LogP contribution is 2.47. The maximum Gasteiger partial charge on any atom is 0.0559 e. The van der Waals surface area contributed by atoms with Gasteiger partial charge < -0.3 is 5.32 Å². The van der Waals surface area contributed by atoms with Crippen LogP contribution in [-0.4, -0.2) is 0 Å². The van der Waals surface area contributed by atoms with Gasteiger partial charge in [0, 0.05) is 18.7 Å². The molecule has 1 N–H and O–H groups in total. The zero-order valence-corrected chi connectivity index (χ0v) is 15.3. The van der Waals surface area contributed by atoms with Gasteiger partial charge in [-0.25, -0.2) is 0 Å². The third-order valence-electron chi connectivity index (χ3n) is 3.20. The Hall–Kier alpha value is -0.450. The van der Waals surface area contributed by atoms with Crippen molar-refractivity contribution in [3.05, 3.63) is 44.8 Å². The summed E-state index contributed by atoms with van der Waals surface area (Å²) in [5, 5.41) is 3.61. The maximum absolute atomic E-state index is 3.64. The van der Waals surface area contributed by atoms with Gasteiger partial charge in [-0.1, -0.05) is 57.5 Å². The molecule has 0 saturated heterocycles. The molecule has 0 atom stereocenters. The lowest BCUT2D eigenvalue weighted by Gasteiger charge is -2.24. The molecule has 0 aromatic heterocycles. The molecule has 1 heterocycles. The molecular weight excluding hydrogens is 398 g/mol. The summed E-state index contributed by atoms with van der Waals surface area (Å²) in [6.07, 6.45) is 1.08. The molecule has 3 rings (SSSR count). The number of benzene rings is 2. The van der Waals surface area contributed by atoms with Crippen LogP contribution in [0.1, 0.15) is 19.4 Å². The largest absolute Gasteiger partial charge is 0.353 e. The van der Waals surface area contributed by atoms with Crippen LogP contribution in [0.5, 0.6) is 0 Å². The van der Waals surface area contributed by atoms with Crippen LogP contribution in [0.2, 0.25) is 0 Å². The SMILES string of the molecule is CC(C)Cc1cc(Br)cc2c1Nc1ccc(Br)cc1S2. The summed E-state index contributed by atoms with van der Waals surface area (Å²) in [6.45, 7) is 4.52. The molecule has 0 radical (unpaired) electrons. The van der Waals surface area contributed by atoms with E-state index in [0.29, 0.717) is 5.92 Å². The first-order valence-electron chi connectivity index (χ1n) is 6.60. The average Bonchev–Trinajstić information content (AvgIpc) is 2.35. The smallest absolute Gasteiger partial charge is 0.0559 e. The van der Waals surface area contributed by atoms with Crippen LogP contribution in [0, 0.1) is 5.92 Å². The lowest BCUT2D eigenvalue weighted by Crippen LogP contribution is -2.05. The van der Waals surface area contributed by atoms with E-state index in [-0.39, 0.29) is 0 Å². The zero-order chi connectivity index (χ0) is 14.3. The van der Waals surface area contributed by atoms with Crippen molar-refractivity contribution in [2.24, 2.45) is 5.92 Å². The molecule has 1 aliphatic heterocycles. The minimum atomic E-state index is 0.645. The van der Waals surface area contributed by atoms with Gasteiger partial charge in [0.05, 0.1) is 11.4 Å². The molecule has 2 aromatic carbocycles. The minimum absolute atomic E-state index is 0.645. The van der Waals surface area contributed by atoms with E-state index in [9.17, 15) is 0 Å². The number of hydrogen-bond donors (Lipinski definition) is 1. The second kappa shape index (κ2) is 5.74. The van der Waals surface area contributed by atoms with Crippen molar-refractivity contribution in [2.45, 2.75) is 30.1 Å². The molecule has 0 spiro atoms. The van der Waals surface area contributed by atoms with Gasteiger partial charge in [-0.3, -0.25) is 0 Å². The van der Waals surface area contributed by atoms with Crippen LogP contribution in [0.3, 0.4) is 0 Å². The third-order valence-corrected chi connectivity index (χ3v) is 5.25. The Balaban J connectivity index is 2.06. The highest BCUT2D eigenvalue weighted by molar-refractivity contribution is 9.10. The standard InChI is InChI=1S/C16H15Br2NS/c1-9(2)5-10-6-12(18)8-15-16(10)19-13-4-3-11(17)7-14(13)20-15/h3-4,6-9,19H,5H2,1-2H3. The molecule has 1 nitrogen and oxygen atoms in total. The molecule has 1 aliphatic rings. The molecule has 0 saturated carbocycles. The number of anilines is 2. The van der Waals surface area contributed by atoms with Gasteiger partial charge in [-0.15, -0.1) is 0 Å². The Morgan fingerprint density at radius 2 is 1.80 bits per heavy atom. The van der Waals surface area contributed by atoms with Crippen LogP contribution in [0.15, 0.2) is 49.1 Å². The predicted octanol–water partition coefficient (Wildman–Crippen LogP) is 6.62. The van der Waals surface area contributed by atoms with Crippen LogP contribution < -0.4 is 5.32 Å². The summed E-state index contributed by atoms with van der Waals surface area (Å²) < 4.78 is 2.27. The highest BCUT2D eigenvalue weighted by Gasteiger charge is 2.19. The summed E-state index contributed by atoms with van der Waals surface area (Å²) in [5.41, 5.74) is 3.84. The number of fused-ring (bicyclic) bond motifs is 2. The normalized spacial score (nSPS) is 12.8. The quantitative estimate of drug-likeness (QED) is 0.507. The fraction of sp³-hybridized carbons (Fsp3) is 0.250. The topological polar surface area (TPSA) is 12.0 Å². The molecule has 104 valence electrons. The third kappa shape index (κ3) is 2.92. The first kappa shape index (κ1) is 14.5. The summed E-state index contributed by atoms with van der Waals surface area (Å²) in [4.78, 5) is 2.56. The molecule has 0 fully saturated rings. The van der Waals surface area contributed by atoms with E-state index in [1.807, 2.05) is 11.8 Å². The number of rotatable bonds is 2. The molecule has 20 heavy (non-hydrogen) atoms. The minimum Gasteiger partial charge on any atom is -0.353 e. The first-order valence-corrected chi connectivity index (χ1v) is 9.00. The fourth-order valence-electron chi connectivity index (χ4n) is 2.40. The van der Waals surface area contributed by atoms with Crippen molar-refractivity contribution < 1.29 is 0 Å². The summed E-state index contributed by atoms with van der Waals surface area (Å²) >= 11 is 9.01. The van der Waals surface area contributed by atoms with E-state index in [1.54, 1.807) is 0 Å². The zero-order valence-electron chi connectivity index (χ0n) is 11.3. The van der Waals surface area contributed by atoms with E-state index < -0.39 is 0 Å². The van der Waals surface area contributed by atoms with Gasteiger partial charge in [0.1, 0.15) is 0 Å². The monoisotopic (exact) mass is 411 g/mol. The van der Waals surface area contributed by atoms with Gasteiger partial charge in [-0.05, 0) is 48.2 Å². The summed E-state index contributed by atoms with van der Waals surface area (Å²) in [5.74, 6) is 0.645. The Bertz CT molecular complexity index is 668. The van der Waals surface area contributed by atoms with E-state index in [1.165, 1.54) is 26.7 Å². The van der Waals surface area contributed by atoms with Crippen molar-refractivity contribution in [1.82, 2.24) is 0 Å². The second-order valence-corrected chi connectivity index (χ2v) is 8.32. The Morgan fingerprint density at radius 3 is 2.55 bits per heavy atom. The van der Waals surface area contributed by atoms with Crippen LogP contribution >= 0.6 is 43.6 Å². The van der Waals surface area contributed by atoms with Crippen molar-refractivity contribution in [2.75, 3.05) is 5.32 Å². The van der Waals surface area contributed by atoms with Gasteiger partial charge >= 0.3 is 0 Å². The van der Waals surface area contributed by atoms with Crippen LogP contribution in [0.25, 0.3) is 0 Å². The molecule has 0 aliphatic carbocycles. The molecular formula is C16H15Br2NS. The lowest BCUT2D eigenvalue weighted by atomic mass is 10.0. The molecule has 0 unspecified atom stereocenters. The predicted molar refractivity (Wildman–Crippen MR) is 94.2 cm³/mol. The maximum atomic E-state index is 3.64. The van der Waals surface area contributed by atoms with Crippen molar-refractivity contribution in [1.29, 1.82) is 0 Å². The molecule has 0 bridgehead atoms. The van der Waals surface area contributed by atoms with Crippen LogP contribution in [0.4, 0.5) is 11.4 Å². The summed E-state index contributed by atoms with van der Waals surface area (Å²) in [7, 11) is 0. The van der Waals surface area contributed by atoms with Crippen LogP contribution in [-0.2, 0) is 6.42 Å². The van der Waals surface area contributed by atoms with Gasteiger partial charge in [0.25, 0.3) is 0 Å². The fourth-order valence-corrected chi connectivity index (χ4v) is 4.69. The Kier molecular flexibility index (Phi) is 4.16. The number of halogens is 2. The van der Waals surface area contributed by atoms with Gasteiger partial charge in [0.15, 0.2) is 0 Å². The van der Waals surface area contributed by atoms with E-state index >= 15 is 0 Å². The molecule has 2 aromatic rings.